The summed E-state index contributed by atoms with van der Waals surface area (Å²) >= 11 is 0. The minimum absolute atomic E-state index is 0.0131. The molecule has 6 heteroatoms. The van der Waals surface area contributed by atoms with Crippen LogP contribution in [0.4, 0.5) is 11.4 Å². The van der Waals surface area contributed by atoms with Crippen molar-refractivity contribution < 1.29 is 14.4 Å². The molecule has 0 fully saturated rings. The fourth-order valence-corrected chi connectivity index (χ4v) is 3.02. The number of rotatable bonds is 7. The van der Waals surface area contributed by atoms with Crippen molar-refractivity contribution in [2.75, 3.05) is 10.6 Å². The maximum atomic E-state index is 12.7. The van der Waals surface area contributed by atoms with Gasteiger partial charge in [-0.25, -0.2) is 0 Å². The molecular formula is C25H25N3O3. The molecule has 31 heavy (non-hydrogen) atoms. The van der Waals surface area contributed by atoms with Crippen LogP contribution in [0.2, 0.25) is 0 Å². The van der Waals surface area contributed by atoms with E-state index in [9.17, 15) is 14.4 Å². The Morgan fingerprint density at radius 2 is 1.39 bits per heavy atom. The second-order valence-electron chi connectivity index (χ2n) is 7.42. The third kappa shape index (κ3) is 6.27. The molecule has 3 amide bonds. The smallest absolute Gasteiger partial charge is 0.255 e. The highest BCUT2D eigenvalue weighted by Crippen LogP contribution is 2.18. The van der Waals surface area contributed by atoms with E-state index >= 15 is 0 Å². The van der Waals surface area contributed by atoms with Crippen molar-refractivity contribution in [1.82, 2.24) is 5.32 Å². The van der Waals surface area contributed by atoms with Crippen LogP contribution < -0.4 is 16.0 Å². The molecule has 0 aliphatic carbocycles. The highest BCUT2D eigenvalue weighted by Gasteiger charge is 2.15. The van der Waals surface area contributed by atoms with Crippen molar-refractivity contribution >= 4 is 29.1 Å². The van der Waals surface area contributed by atoms with E-state index in [0.717, 1.165) is 5.56 Å². The number of nitrogens with one attached hydrogen (secondary N) is 3. The van der Waals surface area contributed by atoms with Gasteiger partial charge in [0.25, 0.3) is 11.8 Å². The fourth-order valence-electron chi connectivity index (χ4n) is 3.02. The van der Waals surface area contributed by atoms with E-state index < -0.39 is 0 Å². The fraction of sp³-hybridized carbons (Fsp3) is 0.160. The van der Waals surface area contributed by atoms with Crippen LogP contribution in [0.25, 0.3) is 0 Å². The van der Waals surface area contributed by atoms with Crippen molar-refractivity contribution in [3.8, 4) is 0 Å². The zero-order chi connectivity index (χ0) is 22.2. The molecule has 3 aromatic rings. The van der Waals surface area contributed by atoms with Gasteiger partial charge in [-0.05, 0) is 55.8 Å². The Morgan fingerprint density at radius 3 is 2.06 bits per heavy atom. The molecule has 0 heterocycles. The quantitative estimate of drug-likeness (QED) is 0.539. The van der Waals surface area contributed by atoms with Crippen molar-refractivity contribution in [3.63, 3.8) is 0 Å². The lowest BCUT2D eigenvalue weighted by atomic mass is 10.1. The summed E-state index contributed by atoms with van der Waals surface area (Å²) in [6, 6.07) is 22.9. The first kappa shape index (κ1) is 21.8. The Balaban J connectivity index is 1.63. The van der Waals surface area contributed by atoms with Gasteiger partial charge < -0.3 is 16.0 Å². The molecule has 6 nitrogen and oxygen atoms in total. The van der Waals surface area contributed by atoms with Crippen LogP contribution >= 0.6 is 0 Å². The number of hydrogen-bond donors (Lipinski definition) is 3. The first-order chi connectivity index (χ1) is 14.9. The Morgan fingerprint density at radius 1 is 0.742 bits per heavy atom. The predicted octanol–water partition coefficient (Wildman–Crippen LogP) is 4.26. The monoisotopic (exact) mass is 415 g/mol. The van der Waals surface area contributed by atoms with E-state index in [2.05, 4.69) is 16.0 Å². The molecule has 3 N–H and O–H groups in total. The van der Waals surface area contributed by atoms with Crippen LogP contribution in [-0.4, -0.2) is 23.8 Å². The van der Waals surface area contributed by atoms with Gasteiger partial charge in [0.2, 0.25) is 5.91 Å². The van der Waals surface area contributed by atoms with Gasteiger partial charge in [-0.1, -0.05) is 42.5 Å². The third-order valence-electron chi connectivity index (χ3n) is 4.48. The van der Waals surface area contributed by atoms with Gasteiger partial charge in [-0.2, -0.15) is 0 Å². The summed E-state index contributed by atoms with van der Waals surface area (Å²) < 4.78 is 0. The number of para-hydroxylation sites is 1. The summed E-state index contributed by atoms with van der Waals surface area (Å²) in [7, 11) is 0. The molecular weight excluding hydrogens is 390 g/mol. The van der Waals surface area contributed by atoms with Gasteiger partial charge in [0.05, 0.1) is 17.7 Å². The lowest BCUT2D eigenvalue weighted by molar-refractivity contribution is -0.115. The maximum absolute atomic E-state index is 12.7. The molecule has 0 saturated heterocycles. The summed E-state index contributed by atoms with van der Waals surface area (Å²) in [5.74, 6) is -0.720. The Kier molecular flexibility index (Phi) is 7.17. The molecule has 0 radical (unpaired) electrons. The predicted molar refractivity (Wildman–Crippen MR) is 122 cm³/mol. The largest absolute Gasteiger partial charge is 0.350 e. The number of carbonyl (C=O) groups excluding carboxylic acids is 3. The van der Waals surface area contributed by atoms with Crippen LogP contribution in [0.3, 0.4) is 0 Å². The summed E-state index contributed by atoms with van der Waals surface area (Å²) in [6.07, 6.45) is 0.276. The first-order valence-electron chi connectivity index (χ1n) is 10.1. The second-order valence-corrected chi connectivity index (χ2v) is 7.42. The number of amides is 3. The molecule has 158 valence electrons. The lowest BCUT2D eigenvalue weighted by Crippen LogP contribution is -2.31. The van der Waals surface area contributed by atoms with Crippen molar-refractivity contribution in [1.29, 1.82) is 0 Å². The first-order valence-corrected chi connectivity index (χ1v) is 10.1. The molecule has 0 aliphatic heterocycles. The molecule has 0 unspecified atom stereocenters. The van der Waals surface area contributed by atoms with Crippen LogP contribution in [-0.2, 0) is 11.2 Å². The average molecular weight is 415 g/mol. The highest BCUT2D eigenvalue weighted by atomic mass is 16.2. The third-order valence-corrected chi connectivity index (χ3v) is 4.48. The van der Waals surface area contributed by atoms with Crippen LogP contribution in [0.15, 0.2) is 78.9 Å². The van der Waals surface area contributed by atoms with Gasteiger partial charge in [0, 0.05) is 17.3 Å². The number of benzene rings is 3. The number of hydrogen-bond acceptors (Lipinski definition) is 3. The van der Waals surface area contributed by atoms with Crippen molar-refractivity contribution in [2.24, 2.45) is 0 Å². The standard InChI is InChI=1S/C25H25N3O3/c1-17(2)26-25(31)21-10-6-7-11-22(21)28-24(30)19-12-14-20(15-13-19)27-23(29)16-18-8-4-3-5-9-18/h3-15,17H,16H2,1-2H3,(H,26,31)(H,27,29)(H,28,30). The second kappa shape index (κ2) is 10.2. The minimum atomic E-state index is -0.341. The van der Waals surface area contributed by atoms with E-state index in [1.165, 1.54) is 0 Å². The molecule has 0 saturated carbocycles. The minimum Gasteiger partial charge on any atom is -0.350 e. The van der Waals surface area contributed by atoms with Crippen molar-refractivity contribution in [2.45, 2.75) is 26.3 Å². The van der Waals surface area contributed by atoms with E-state index in [4.69, 9.17) is 0 Å². The Hall–Kier alpha value is -3.93. The van der Waals surface area contributed by atoms with Gasteiger partial charge in [0.15, 0.2) is 0 Å². The SMILES string of the molecule is CC(C)NC(=O)c1ccccc1NC(=O)c1ccc(NC(=O)Cc2ccccc2)cc1. The Bertz CT molecular complexity index is 1060. The summed E-state index contributed by atoms with van der Waals surface area (Å²) in [5.41, 5.74) is 2.78. The van der Waals surface area contributed by atoms with E-state index in [1.807, 2.05) is 44.2 Å². The number of carbonyl (C=O) groups is 3. The highest BCUT2D eigenvalue weighted by molar-refractivity contribution is 6.09. The number of anilines is 2. The molecule has 0 bridgehead atoms. The van der Waals surface area contributed by atoms with Crippen molar-refractivity contribution in [3.05, 3.63) is 95.6 Å². The van der Waals surface area contributed by atoms with Crippen LogP contribution in [0.5, 0.6) is 0 Å². The molecule has 3 rings (SSSR count). The zero-order valence-corrected chi connectivity index (χ0v) is 17.5. The normalized spacial score (nSPS) is 10.4. The molecule has 0 spiro atoms. The van der Waals surface area contributed by atoms with E-state index in [1.54, 1.807) is 48.5 Å². The van der Waals surface area contributed by atoms with Crippen LogP contribution in [0, 0.1) is 0 Å². The average Bonchev–Trinajstić information content (AvgIpc) is 2.74. The summed E-state index contributed by atoms with van der Waals surface area (Å²) in [6.45, 7) is 3.75. The molecule has 0 atom stereocenters. The zero-order valence-electron chi connectivity index (χ0n) is 17.5. The van der Waals surface area contributed by atoms with Gasteiger partial charge in [0.1, 0.15) is 0 Å². The topological polar surface area (TPSA) is 87.3 Å². The maximum Gasteiger partial charge on any atom is 0.255 e. The molecule has 3 aromatic carbocycles. The summed E-state index contributed by atoms with van der Waals surface area (Å²) in [4.78, 5) is 37.2. The molecule has 0 aliphatic rings. The summed E-state index contributed by atoms with van der Waals surface area (Å²) in [5, 5.41) is 8.44. The van der Waals surface area contributed by atoms with Crippen LogP contribution in [0.1, 0.15) is 40.1 Å². The van der Waals surface area contributed by atoms with E-state index in [0.29, 0.717) is 22.5 Å². The van der Waals surface area contributed by atoms with Gasteiger partial charge >= 0.3 is 0 Å². The van der Waals surface area contributed by atoms with Gasteiger partial charge in [-0.3, -0.25) is 14.4 Å². The molecule has 0 aromatic heterocycles. The Labute approximate surface area is 181 Å². The van der Waals surface area contributed by atoms with Gasteiger partial charge in [-0.15, -0.1) is 0 Å². The lowest BCUT2D eigenvalue weighted by Gasteiger charge is -2.13. The van der Waals surface area contributed by atoms with E-state index in [-0.39, 0.29) is 30.2 Å².